The third kappa shape index (κ3) is 4.95. The van der Waals surface area contributed by atoms with Gasteiger partial charge in [0.25, 0.3) is 5.91 Å². The number of aromatic nitrogens is 2. The number of rotatable bonds is 6. The summed E-state index contributed by atoms with van der Waals surface area (Å²) < 4.78 is 5.07. The lowest BCUT2D eigenvalue weighted by Gasteiger charge is -2.27. The van der Waals surface area contributed by atoms with E-state index >= 15 is 0 Å². The SMILES string of the molecule is Cc1noc(CSc2ccc(C(=O)NCC3CNC3)cc2)n1.Cl. The second-order valence-electron chi connectivity index (χ2n) is 5.28. The second kappa shape index (κ2) is 8.33. The van der Waals surface area contributed by atoms with Gasteiger partial charge in [-0.2, -0.15) is 4.98 Å². The van der Waals surface area contributed by atoms with Crippen LogP contribution in [0.3, 0.4) is 0 Å². The largest absolute Gasteiger partial charge is 0.352 e. The zero-order chi connectivity index (χ0) is 15.4. The maximum absolute atomic E-state index is 12.0. The van der Waals surface area contributed by atoms with E-state index in [4.69, 9.17) is 4.52 Å². The first-order chi connectivity index (χ1) is 10.7. The first-order valence-corrected chi connectivity index (χ1v) is 8.20. The van der Waals surface area contributed by atoms with Crippen LogP contribution in [0.25, 0.3) is 0 Å². The number of nitrogens with zero attached hydrogens (tertiary/aromatic N) is 2. The van der Waals surface area contributed by atoms with Crippen molar-refractivity contribution in [1.29, 1.82) is 0 Å². The number of benzene rings is 1. The molecule has 6 nitrogen and oxygen atoms in total. The summed E-state index contributed by atoms with van der Waals surface area (Å²) in [6, 6.07) is 7.56. The van der Waals surface area contributed by atoms with E-state index in [1.165, 1.54) is 0 Å². The highest BCUT2D eigenvalue weighted by Gasteiger charge is 2.17. The number of nitrogens with one attached hydrogen (secondary N) is 2. The van der Waals surface area contributed by atoms with Gasteiger partial charge < -0.3 is 15.2 Å². The van der Waals surface area contributed by atoms with E-state index in [9.17, 15) is 4.79 Å². The van der Waals surface area contributed by atoms with Crippen LogP contribution in [0, 0.1) is 12.8 Å². The molecule has 1 fully saturated rings. The number of carbonyl (C=O) groups excluding carboxylic acids is 1. The van der Waals surface area contributed by atoms with Crippen molar-refractivity contribution < 1.29 is 9.32 Å². The molecule has 0 atom stereocenters. The monoisotopic (exact) mass is 354 g/mol. The predicted octanol–water partition coefficient (Wildman–Crippen LogP) is 2.04. The summed E-state index contributed by atoms with van der Waals surface area (Å²) in [4.78, 5) is 17.2. The van der Waals surface area contributed by atoms with Crippen LogP contribution >= 0.6 is 24.2 Å². The highest BCUT2D eigenvalue weighted by atomic mass is 35.5. The molecule has 2 aromatic rings. The van der Waals surface area contributed by atoms with Gasteiger partial charge in [0.1, 0.15) is 0 Å². The molecular weight excluding hydrogens is 336 g/mol. The Kier molecular flexibility index (Phi) is 6.44. The molecule has 0 unspecified atom stereocenters. The fourth-order valence-corrected chi connectivity index (χ4v) is 2.81. The van der Waals surface area contributed by atoms with Gasteiger partial charge in [0.2, 0.25) is 5.89 Å². The summed E-state index contributed by atoms with van der Waals surface area (Å²) in [6.07, 6.45) is 0. The number of thioether (sulfide) groups is 1. The number of aryl methyl sites for hydroxylation is 1. The lowest BCUT2D eigenvalue weighted by Crippen LogP contribution is -2.48. The minimum atomic E-state index is -0.0176. The lowest BCUT2D eigenvalue weighted by molar-refractivity contribution is 0.0942. The lowest BCUT2D eigenvalue weighted by atomic mass is 10.0. The molecule has 0 saturated carbocycles. The zero-order valence-electron chi connectivity index (χ0n) is 12.7. The number of carbonyl (C=O) groups is 1. The molecule has 2 heterocycles. The van der Waals surface area contributed by atoms with Crippen molar-refractivity contribution in [3.63, 3.8) is 0 Å². The Bertz CT molecular complexity index is 643. The van der Waals surface area contributed by atoms with Crippen LogP contribution in [0.1, 0.15) is 22.1 Å². The highest BCUT2D eigenvalue weighted by molar-refractivity contribution is 7.98. The smallest absolute Gasteiger partial charge is 0.251 e. The maximum atomic E-state index is 12.0. The van der Waals surface area contributed by atoms with Crippen LogP contribution in [0.4, 0.5) is 0 Å². The van der Waals surface area contributed by atoms with Crippen molar-refractivity contribution in [2.45, 2.75) is 17.6 Å². The Morgan fingerprint density at radius 1 is 1.39 bits per heavy atom. The second-order valence-corrected chi connectivity index (χ2v) is 6.33. The van der Waals surface area contributed by atoms with Crippen molar-refractivity contribution in [2.75, 3.05) is 19.6 Å². The van der Waals surface area contributed by atoms with Crippen molar-refractivity contribution in [3.8, 4) is 0 Å². The van der Waals surface area contributed by atoms with Crippen molar-refractivity contribution in [1.82, 2.24) is 20.8 Å². The number of amides is 1. The normalized spacial score (nSPS) is 14.0. The van der Waals surface area contributed by atoms with E-state index in [2.05, 4.69) is 20.8 Å². The van der Waals surface area contributed by atoms with Gasteiger partial charge in [0.05, 0.1) is 5.75 Å². The molecule has 0 radical (unpaired) electrons. The van der Waals surface area contributed by atoms with Gasteiger partial charge in [-0.1, -0.05) is 5.16 Å². The first-order valence-electron chi connectivity index (χ1n) is 7.21. The van der Waals surface area contributed by atoms with Crippen LogP contribution in [-0.4, -0.2) is 35.7 Å². The maximum Gasteiger partial charge on any atom is 0.251 e. The molecule has 8 heteroatoms. The van der Waals surface area contributed by atoms with Gasteiger partial charge in [-0.25, -0.2) is 0 Å². The molecule has 1 aromatic heterocycles. The standard InChI is InChI=1S/C15H18N4O2S.ClH/c1-10-18-14(21-19-10)9-22-13-4-2-12(3-5-13)15(20)17-8-11-6-16-7-11;/h2-5,11,16H,6-9H2,1H3,(H,17,20);1H. The summed E-state index contributed by atoms with van der Waals surface area (Å²) in [7, 11) is 0. The van der Waals surface area contributed by atoms with Gasteiger partial charge in [-0.3, -0.25) is 4.79 Å². The van der Waals surface area contributed by atoms with E-state index in [0.717, 1.165) is 24.5 Å². The molecule has 0 bridgehead atoms. The first kappa shape index (κ1) is 17.8. The summed E-state index contributed by atoms with van der Waals surface area (Å²) >= 11 is 1.60. The number of hydrogen-bond donors (Lipinski definition) is 2. The topological polar surface area (TPSA) is 80.0 Å². The molecule has 1 amide bonds. The molecule has 2 N–H and O–H groups in total. The molecule has 0 spiro atoms. The van der Waals surface area contributed by atoms with Crippen LogP contribution in [0.2, 0.25) is 0 Å². The summed E-state index contributed by atoms with van der Waals surface area (Å²) in [6.45, 7) is 4.51. The molecule has 1 aliphatic rings. The molecule has 1 aromatic carbocycles. The summed E-state index contributed by atoms with van der Waals surface area (Å²) in [5, 5.41) is 9.91. The third-order valence-corrected chi connectivity index (χ3v) is 4.46. The summed E-state index contributed by atoms with van der Waals surface area (Å²) in [5.74, 6) is 2.43. The molecule has 1 aliphatic heterocycles. The minimum Gasteiger partial charge on any atom is -0.352 e. The van der Waals surface area contributed by atoms with Gasteiger partial charge in [-0.05, 0) is 31.2 Å². The molecule has 0 aliphatic carbocycles. The average molecular weight is 355 g/mol. The average Bonchev–Trinajstić information content (AvgIpc) is 2.89. The van der Waals surface area contributed by atoms with Crippen LogP contribution < -0.4 is 10.6 Å². The molecule has 124 valence electrons. The summed E-state index contributed by atoms with van der Waals surface area (Å²) in [5.41, 5.74) is 0.685. The van der Waals surface area contributed by atoms with Crippen LogP contribution in [-0.2, 0) is 5.75 Å². The Balaban J connectivity index is 0.00000192. The Morgan fingerprint density at radius 3 is 2.70 bits per heavy atom. The third-order valence-electron chi connectivity index (χ3n) is 3.47. The van der Waals surface area contributed by atoms with Crippen molar-refractivity contribution >= 4 is 30.1 Å². The zero-order valence-corrected chi connectivity index (χ0v) is 14.4. The quantitative estimate of drug-likeness (QED) is 0.773. The van der Waals surface area contributed by atoms with Crippen LogP contribution in [0.15, 0.2) is 33.7 Å². The van der Waals surface area contributed by atoms with Crippen molar-refractivity contribution in [2.24, 2.45) is 5.92 Å². The highest BCUT2D eigenvalue weighted by Crippen LogP contribution is 2.22. The van der Waals surface area contributed by atoms with E-state index < -0.39 is 0 Å². The fraction of sp³-hybridized carbons (Fsp3) is 0.400. The number of halogens is 1. The predicted molar refractivity (Wildman–Crippen MR) is 91.0 cm³/mol. The number of hydrogen-bond acceptors (Lipinski definition) is 6. The van der Waals surface area contributed by atoms with E-state index in [-0.39, 0.29) is 18.3 Å². The Morgan fingerprint density at radius 2 is 2.13 bits per heavy atom. The van der Waals surface area contributed by atoms with E-state index in [1.807, 2.05) is 24.3 Å². The van der Waals surface area contributed by atoms with Gasteiger partial charge in [-0.15, -0.1) is 24.2 Å². The van der Waals surface area contributed by atoms with Gasteiger partial charge >= 0.3 is 0 Å². The minimum absolute atomic E-state index is 0. The molecular formula is C15H19ClN4O2S. The van der Waals surface area contributed by atoms with Crippen LogP contribution in [0.5, 0.6) is 0 Å². The van der Waals surface area contributed by atoms with E-state index in [0.29, 0.717) is 28.9 Å². The van der Waals surface area contributed by atoms with Crippen molar-refractivity contribution in [3.05, 3.63) is 41.5 Å². The molecule has 23 heavy (non-hydrogen) atoms. The Hall–Kier alpha value is -1.57. The van der Waals surface area contributed by atoms with Gasteiger partial charge in [0.15, 0.2) is 5.82 Å². The van der Waals surface area contributed by atoms with Gasteiger partial charge in [0, 0.05) is 36.0 Å². The Labute approximate surface area is 145 Å². The molecule has 3 rings (SSSR count). The fourth-order valence-electron chi connectivity index (χ4n) is 2.08. The molecule has 1 saturated heterocycles. The van der Waals surface area contributed by atoms with E-state index in [1.54, 1.807) is 18.7 Å².